The van der Waals surface area contributed by atoms with Crippen LogP contribution in [0.4, 0.5) is 0 Å². The summed E-state index contributed by atoms with van der Waals surface area (Å²) in [5.74, 6) is -0.829. The van der Waals surface area contributed by atoms with Crippen LogP contribution in [0.25, 0.3) is 0 Å². The number of carboxylic acid groups (broad SMARTS) is 1. The molecule has 2 atom stereocenters. The van der Waals surface area contributed by atoms with E-state index in [-0.39, 0.29) is 0 Å². The minimum atomic E-state index is -0.994. The number of rotatable bonds is 3. The summed E-state index contributed by atoms with van der Waals surface area (Å²) in [5.41, 5.74) is 5.04. The van der Waals surface area contributed by atoms with Crippen LogP contribution < -0.4 is 5.73 Å². The van der Waals surface area contributed by atoms with Crippen LogP contribution in [0.2, 0.25) is 0 Å². The van der Waals surface area contributed by atoms with Crippen LogP contribution in [-0.4, -0.2) is 40.6 Å². The monoisotopic (exact) mass is 254 g/mol. The van der Waals surface area contributed by atoms with Crippen LogP contribution in [0.3, 0.4) is 0 Å². The Morgan fingerprint density at radius 3 is 2.39 bits per heavy atom. The Bertz CT molecular complexity index is 302. The third-order valence-corrected chi connectivity index (χ3v) is 4.91. The van der Waals surface area contributed by atoms with E-state index >= 15 is 0 Å². The molecule has 2 fully saturated rings. The molecule has 0 radical (unpaired) electrons. The fourth-order valence-corrected chi connectivity index (χ4v) is 3.61. The molecule has 4 nitrogen and oxygen atoms in total. The van der Waals surface area contributed by atoms with Crippen LogP contribution >= 0.6 is 0 Å². The molecule has 0 heterocycles. The lowest BCUT2D eigenvalue weighted by molar-refractivity contribution is -0.145. The van der Waals surface area contributed by atoms with Gasteiger partial charge in [-0.25, -0.2) is 0 Å². The van der Waals surface area contributed by atoms with Gasteiger partial charge in [-0.05, 0) is 45.6 Å². The lowest BCUT2D eigenvalue weighted by Gasteiger charge is -2.43. The Morgan fingerprint density at radius 2 is 1.78 bits per heavy atom. The standard InChI is InChI=1S/C14H26N2O2/c1-16(11-6-3-2-4-7-11)12-8-5-9-14(15,10-12)13(17)18/h11-12H,2-10,15H2,1H3,(H,17,18). The van der Waals surface area contributed by atoms with Crippen LogP contribution in [-0.2, 0) is 4.79 Å². The third kappa shape index (κ3) is 2.86. The van der Waals surface area contributed by atoms with E-state index in [0.29, 0.717) is 24.9 Å². The lowest BCUT2D eigenvalue weighted by Crippen LogP contribution is -2.56. The van der Waals surface area contributed by atoms with Crippen molar-refractivity contribution < 1.29 is 9.90 Å². The first-order valence-electron chi connectivity index (χ1n) is 7.27. The zero-order chi connectivity index (χ0) is 13.2. The van der Waals surface area contributed by atoms with Crippen LogP contribution in [0.15, 0.2) is 0 Å². The van der Waals surface area contributed by atoms with Gasteiger partial charge in [0.2, 0.25) is 0 Å². The van der Waals surface area contributed by atoms with Crippen molar-refractivity contribution >= 4 is 5.97 Å². The van der Waals surface area contributed by atoms with Gasteiger partial charge in [-0.3, -0.25) is 4.79 Å². The highest BCUT2D eigenvalue weighted by Gasteiger charge is 2.41. The number of hydrogen-bond acceptors (Lipinski definition) is 3. The fourth-order valence-electron chi connectivity index (χ4n) is 3.61. The molecule has 2 aliphatic carbocycles. The molecule has 3 N–H and O–H groups in total. The van der Waals surface area contributed by atoms with Gasteiger partial charge in [-0.1, -0.05) is 19.3 Å². The summed E-state index contributed by atoms with van der Waals surface area (Å²) in [6.45, 7) is 0. The molecule has 4 heteroatoms. The van der Waals surface area contributed by atoms with Gasteiger partial charge in [-0.15, -0.1) is 0 Å². The number of nitrogens with two attached hydrogens (primary N) is 1. The molecule has 18 heavy (non-hydrogen) atoms. The van der Waals surface area contributed by atoms with Gasteiger partial charge in [0, 0.05) is 12.1 Å². The summed E-state index contributed by atoms with van der Waals surface area (Å²) in [7, 11) is 2.16. The maximum Gasteiger partial charge on any atom is 0.323 e. The van der Waals surface area contributed by atoms with Gasteiger partial charge < -0.3 is 15.7 Å². The fraction of sp³-hybridized carbons (Fsp3) is 0.929. The molecule has 2 rings (SSSR count). The van der Waals surface area contributed by atoms with E-state index in [1.807, 2.05) is 0 Å². The molecule has 0 aromatic rings. The van der Waals surface area contributed by atoms with Crippen molar-refractivity contribution in [3.8, 4) is 0 Å². The Hall–Kier alpha value is -0.610. The third-order valence-electron chi connectivity index (χ3n) is 4.91. The number of aliphatic carboxylic acids is 1. The Morgan fingerprint density at radius 1 is 1.17 bits per heavy atom. The van der Waals surface area contributed by atoms with E-state index < -0.39 is 11.5 Å². The Labute approximate surface area is 110 Å². The van der Waals surface area contributed by atoms with E-state index in [2.05, 4.69) is 11.9 Å². The predicted molar refractivity (Wildman–Crippen MR) is 71.4 cm³/mol. The summed E-state index contributed by atoms with van der Waals surface area (Å²) >= 11 is 0. The largest absolute Gasteiger partial charge is 0.480 e. The van der Waals surface area contributed by atoms with E-state index in [1.165, 1.54) is 32.1 Å². The van der Waals surface area contributed by atoms with E-state index in [4.69, 9.17) is 5.73 Å². The van der Waals surface area contributed by atoms with Crippen molar-refractivity contribution in [2.45, 2.75) is 75.4 Å². The van der Waals surface area contributed by atoms with Crippen molar-refractivity contribution in [2.24, 2.45) is 5.73 Å². The van der Waals surface area contributed by atoms with E-state index in [9.17, 15) is 9.90 Å². The molecular formula is C14H26N2O2. The number of carboxylic acids is 1. The average molecular weight is 254 g/mol. The van der Waals surface area contributed by atoms with Gasteiger partial charge in [0.05, 0.1) is 0 Å². The summed E-state index contributed by atoms with van der Waals surface area (Å²) in [5, 5.41) is 9.26. The van der Waals surface area contributed by atoms with Crippen LogP contribution in [0.1, 0.15) is 57.8 Å². The second-order valence-electron chi connectivity index (χ2n) is 6.17. The molecule has 2 saturated carbocycles. The predicted octanol–water partition coefficient (Wildman–Crippen LogP) is 1.98. The highest BCUT2D eigenvalue weighted by Crippen LogP contribution is 2.32. The van der Waals surface area contributed by atoms with Crippen molar-refractivity contribution in [2.75, 3.05) is 7.05 Å². The summed E-state index contributed by atoms with van der Waals surface area (Å²) < 4.78 is 0. The van der Waals surface area contributed by atoms with Crippen LogP contribution in [0, 0.1) is 0 Å². The Balaban J connectivity index is 1.97. The number of hydrogen-bond donors (Lipinski definition) is 2. The smallest absolute Gasteiger partial charge is 0.323 e. The molecule has 0 spiro atoms. The summed E-state index contributed by atoms with van der Waals surface area (Å²) in [6.07, 6.45) is 9.76. The molecule has 0 aromatic carbocycles. The van der Waals surface area contributed by atoms with Crippen molar-refractivity contribution in [1.29, 1.82) is 0 Å². The summed E-state index contributed by atoms with van der Waals surface area (Å²) in [4.78, 5) is 13.7. The first kappa shape index (κ1) is 13.8. The zero-order valence-corrected chi connectivity index (χ0v) is 11.4. The molecular weight excluding hydrogens is 228 g/mol. The normalized spacial score (nSPS) is 34.7. The topological polar surface area (TPSA) is 66.6 Å². The van der Waals surface area contributed by atoms with Crippen molar-refractivity contribution in [3.05, 3.63) is 0 Å². The van der Waals surface area contributed by atoms with E-state index in [1.54, 1.807) is 0 Å². The highest BCUT2D eigenvalue weighted by atomic mass is 16.4. The Kier molecular flexibility index (Phi) is 4.28. The quantitative estimate of drug-likeness (QED) is 0.808. The van der Waals surface area contributed by atoms with Crippen LogP contribution in [0.5, 0.6) is 0 Å². The minimum absolute atomic E-state index is 0.350. The number of carbonyl (C=O) groups is 1. The SMILES string of the molecule is CN(C1CCCCC1)C1CCCC(N)(C(=O)O)C1. The zero-order valence-electron chi connectivity index (χ0n) is 11.4. The molecule has 0 aliphatic heterocycles. The van der Waals surface area contributed by atoms with E-state index in [0.717, 1.165) is 12.8 Å². The van der Waals surface area contributed by atoms with Crippen molar-refractivity contribution in [1.82, 2.24) is 4.90 Å². The molecule has 104 valence electrons. The molecule has 2 unspecified atom stereocenters. The van der Waals surface area contributed by atoms with Gasteiger partial charge in [0.15, 0.2) is 0 Å². The molecule has 2 aliphatic rings. The average Bonchev–Trinajstić information content (AvgIpc) is 2.39. The van der Waals surface area contributed by atoms with Gasteiger partial charge >= 0.3 is 5.97 Å². The molecule has 0 saturated heterocycles. The first-order valence-corrected chi connectivity index (χ1v) is 7.27. The van der Waals surface area contributed by atoms with Gasteiger partial charge in [0.25, 0.3) is 0 Å². The molecule has 0 amide bonds. The van der Waals surface area contributed by atoms with Crippen molar-refractivity contribution in [3.63, 3.8) is 0 Å². The molecule has 0 bridgehead atoms. The first-order chi connectivity index (χ1) is 8.53. The second kappa shape index (κ2) is 5.57. The number of nitrogens with zero attached hydrogens (tertiary/aromatic N) is 1. The molecule has 0 aromatic heterocycles. The maximum atomic E-state index is 11.3. The maximum absolute atomic E-state index is 11.3. The lowest BCUT2D eigenvalue weighted by atomic mass is 9.78. The summed E-state index contributed by atoms with van der Waals surface area (Å²) in [6, 6.07) is 0.989. The van der Waals surface area contributed by atoms with Gasteiger partial charge in [-0.2, -0.15) is 0 Å². The highest BCUT2D eigenvalue weighted by molar-refractivity contribution is 5.78. The second-order valence-corrected chi connectivity index (χ2v) is 6.17. The minimum Gasteiger partial charge on any atom is -0.480 e. The van der Waals surface area contributed by atoms with Gasteiger partial charge in [0.1, 0.15) is 5.54 Å².